The van der Waals surface area contributed by atoms with Crippen molar-refractivity contribution >= 4 is 5.91 Å². The van der Waals surface area contributed by atoms with Gasteiger partial charge in [-0.3, -0.25) is 4.79 Å². The zero-order chi connectivity index (χ0) is 11.5. The van der Waals surface area contributed by atoms with Gasteiger partial charge in [-0.25, -0.2) is 0 Å². The molecular weight excluding hydrogens is 190 g/mol. The Bertz CT molecular complexity index is 216. The summed E-state index contributed by atoms with van der Waals surface area (Å²) in [5.74, 6) is 0.394. The lowest BCUT2D eigenvalue weighted by Gasteiger charge is -2.37. The van der Waals surface area contributed by atoms with Crippen molar-refractivity contribution in [3.05, 3.63) is 0 Å². The summed E-state index contributed by atoms with van der Waals surface area (Å²) in [4.78, 5) is 13.8. The summed E-state index contributed by atoms with van der Waals surface area (Å²) < 4.78 is 0. The number of carbonyl (C=O) groups is 1. The molecule has 0 aromatic carbocycles. The van der Waals surface area contributed by atoms with Crippen LogP contribution in [0, 0.1) is 5.92 Å². The van der Waals surface area contributed by atoms with Crippen LogP contribution in [0.4, 0.5) is 0 Å². The molecule has 3 nitrogen and oxygen atoms in total. The van der Waals surface area contributed by atoms with E-state index in [0.717, 1.165) is 12.8 Å². The van der Waals surface area contributed by atoms with Crippen molar-refractivity contribution in [1.29, 1.82) is 0 Å². The van der Waals surface area contributed by atoms with Crippen LogP contribution >= 0.6 is 0 Å². The molecule has 15 heavy (non-hydrogen) atoms. The summed E-state index contributed by atoms with van der Waals surface area (Å²) in [6, 6.07) is 0. The second-order valence-electron chi connectivity index (χ2n) is 5.01. The lowest BCUT2D eigenvalue weighted by Crippen LogP contribution is -2.46. The second kappa shape index (κ2) is 4.97. The summed E-state index contributed by atoms with van der Waals surface area (Å²) >= 11 is 0. The molecule has 1 amide bonds. The van der Waals surface area contributed by atoms with Gasteiger partial charge in [0.1, 0.15) is 0 Å². The SMILES string of the molecule is CCCC(C)C(=O)N1CCC(C)(O)CC1. The average molecular weight is 213 g/mol. The van der Waals surface area contributed by atoms with Gasteiger partial charge in [0.25, 0.3) is 0 Å². The first-order valence-electron chi connectivity index (χ1n) is 5.97. The molecule has 1 saturated heterocycles. The van der Waals surface area contributed by atoms with Gasteiger partial charge in [0.2, 0.25) is 5.91 Å². The molecule has 0 spiro atoms. The molecule has 0 aromatic heterocycles. The van der Waals surface area contributed by atoms with Crippen molar-refractivity contribution in [2.75, 3.05) is 13.1 Å². The smallest absolute Gasteiger partial charge is 0.225 e. The van der Waals surface area contributed by atoms with Crippen LogP contribution < -0.4 is 0 Å². The van der Waals surface area contributed by atoms with Gasteiger partial charge in [0.05, 0.1) is 5.60 Å². The highest BCUT2D eigenvalue weighted by atomic mass is 16.3. The fourth-order valence-corrected chi connectivity index (χ4v) is 2.08. The van der Waals surface area contributed by atoms with Gasteiger partial charge in [-0.05, 0) is 26.2 Å². The van der Waals surface area contributed by atoms with Gasteiger partial charge < -0.3 is 10.0 Å². The Kier molecular flexibility index (Phi) is 4.14. The van der Waals surface area contributed by atoms with Crippen LogP contribution in [-0.2, 0) is 4.79 Å². The molecule has 0 saturated carbocycles. The normalized spacial score (nSPS) is 22.5. The highest BCUT2D eigenvalue weighted by molar-refractivity contribution is 5.78. The summed E-state index contributed by atoms with van der Waals surface area (Å²) in [5, 5.41) is 9.78. The van der Waals surface area contributed by atoms with Crippen molar-refractivity contribution < 1.29 is 9.90 Å². The average Bonchev–Trinajstić information content (AvgIpc) is 2.17. The molecule has 1 atom stereocenters. The molecule has 0 aromatic rings. The quantitative estimate of drug-likeness (QED) is 0.776. The van der Waals surface area contributed by atoms with E-state index in [4.69, 9.17) is 0 Å². The third-order valence-electron chi connectivity index (χ3n) is 3.30. The fourth-order valence-electron chi connectivity index (χ4n) is 2.08. The van der Waals surface area contributed by atoms with Crippen LogP contribution in [0.3, 0.4) is 0 Å². The van der Waals surface area contributed by atoms with Crippen LogP contribution in [0.15, 0.2) is 0 Å². The molecule has 1 aliphatic rings. The first-order valence-corrected chi connectivity index (χ1v) is 5.97. The first kappa shape index (κ1) is 12.5. The summed E-state index contributed by atoms with van der Waals surface area (Å²) in [6.07, 6.45) is 3.43. The topological polar surface area (TPSA) is 40.5 Å². The van der Waals surface area contributed by atoms with Crippen LogP contribution in [0.2, 0.25) is 0 Å². The van der Waals surface area contributed by atoms with Gasteiger partial charge in [-0.2, -0.15) is 0 Å². The maximum atomic E-state index is 11.9. The van der Waals surface area contributed by atoms with Crippen molar-refractivity contribution in [2.45, 2.75) is 52.1 Å². The number of aliphatic hydroxyl groups is 1. The third kappa shape index (κ3) is 3.49. The zero-order valence-electron chi connectivity index (χ0n) is 10.1. The Labute approximate surface area is 92.5 Å². The Morgan fingerprint density at radius 1 is 1.47 bits per heavy atom. The fraction of sp³-hybridized carbons (Fsp3) is 0.917. The Morgan fingerprint density at radius 2 is 2.00 bits per heavy atom. The maximum Gasteiger partial charge on any atom is 0.225 e. The van der Waals surface area contributed by atoms with Crippen molar-refractivity contribution in [1.82, 2.24) is 4.90 Å². The van der Waals surface area contributed by atoms with Gasteiger partial charge in [-0.1, -0.05) is 20.3 Å². The minimum Gasteiger partial charge on any atom is -0.390 e. The molecule has 1 rings (SSSR count). The summed E-state index contributed by atoms with van der Waals surface area (Å²) in [5.41, 5.74) is -0.565. The van der Waals surface area contributed by atoms with Crippen molar-refractivity contribution in [3.63, 3.8) is 0 Å². The number of hydrogen-bond acceptors (Lipinski definition) is 2. The number of carbonyl (C=O) groups excluding carboxylic acids is 1. The lowest BCUT2D eigenvalue weighted by molar-refractivity contribution is -0.138. The largest absolute Gasteiger partial charge is 0.390 e. The number of amides is 1. The molecule has 0 aliphatic carbocycles. The van der Waals surface area contributed by atoms with Crippen LogP contribution in [0.1, 0.15) is 46.5 Å². The van der Waals surface area contributed by atoms with E-state index in [1.54, 1.807) is 0 Å². The van der Waals surface area contributed by atoms with E-state index in [2.05, 4.69) is 6.92 Å². The predicted octanol–water partition coefficient (Wildman–Crippen LogP) is 1.80. The van der Waals surface area contributed by atoms with Crippen LogP contribution in [0.5, 0.6) is 0 Å². The molecule has 1 fully saturated rings. The zero-order valence-corrected chi connectivity index (χ0v) is 10.1. The van der Waals surface area contributed by atoms with E-state index in [9.17, 15) is 9.90 Å². The molecule has 3 heteroatoms. The highest BCUT2D eigenvalue weighted by Crippen LogP contribution is 2.22. The standard InChI is InChI=1S/C12H23NO2/c1-4-5-10(2)11(14)13-8-6-12(3,15)7-9-13/h10,15H,4-9H2,1-3H3. The van der Waals surface area contributed by atoms with Gasteiger partial charge >= 0.3 is 0 Å². The highest BCUT2D eigenvalue weighted by Gasteiger charge is 2.30. The number of hydrogen-bond donors (Lipinski definition) is 1. The molecule has 0 radical (unpaired) electrons. The Balaban J connectivity index is 2.42. The third-order valence-corrected chi connectivity index (χ3v) is 3.30. The second-order valence-corrected chi connectivity index (χ2v) is 5.01. The van der Waals surface area contributed by atoms with E-state index in [0.29, 0.717) is 25.9 Å². The molecular formula is C12H23NO2. The van der Waals surface area contributed by atoms with E-state index >= 15 is 0 Å². The number of likely N-dealkylation sites (tertiary alicyclic amines) is 1. The van der Waals surface area contributed by atoms with Crippen molar-refractivity contribution in [3.8, 4) is 0 Å². The number of piperidine rings is 1. The van der Waals surface area contributed by atoms with Gasteiger partial charge in [0.15, 0.2) is 0 Å². The maximum absolute atomic E-state index is 11.9. The minimum absolute atomic E-state index is 0.137. The van der Waals surface area contributed by atoms with E-state index in [-0.39, 0.29) is 11.8 Å². The molecule has 1 aliphatic heterocycles. The predicted molar refractivity (Wildman–Crippen MR) is 60.5 cm³/mol. The Morgan fingerprint density at radius 3 is 2.47 bits per heavy atom. The number of nitrogens with zero attached hydrogens (tertiary/aromatic N) is 1. The Hall–Kier alpha value is -0.570. The monoisotopic (exact) mass is 213 g/mol. The van der Waals surface area contributed by atoms with Crippen molar-refractivity contribution in [2.24, 2.45) is 5.92 Å². The lowest BCUT2D eigenvalue weighted by atomic mass is 9.92. The minimum atomic E-state index is -0.565. The van der Waals surface area contributed by atoms with Crippen LogP contribution in [-0.4, -0.2) is 34.6 Å². The molecule has 88 valence electrons. The number of rotatable bonds is 3. The molecule has 0 bridgehead atoms. The molecule has 1 heterocycles. The first-order chi connectivity index (χ1) is 6.96. The van der Waals surface area contributed by atoms with Gasteiger partial charge in [-0.15, -0.1) is 0 Å². The summed E-state index contributed by atoms with van der Waals surface area (Å²) in [6.45, 7) is 7.37. The summed E-state index contributed by atoms with van der Waals surface area (Å²) in [7, 11) is 0. The molecule has 1 N–H and O–H groups in total. The molecule has 1 unspecified atom stereocenters. The van der Waals surface area contributed by atoms with E-state index in [1.807, 2.05) is 18.7 Å². The van der Waals surface area contributed by atoms with E-state index in [1.165, 1.54) is 0 Å². The van der Waals surface area contributed by atoms with Crippen LogP contribution in [0.25, 0.3) is 0 Å². The van der Waals surface area contributed by atoms with Gasteiger partial charge in [0, 0.05) is 19.0 Å². The van der Waals surface area contributed by atoms with E-state index < -0.39 is 5.60 Å².